The van der Waals surface area contributed by atoms with Crippen LogP contribution in [0.3, 0.4) is 0 Å². The normalized spacial score (nSPS) is 13.9. The standard InChI is InChI=1S/C67H46N2/c1-5-18-47(19-6-1)50-32-36-54(37-33-50)68(55-38-34-51(35-39-55)48-20-7-2-8-21-48)57-40-42-65-61(45-57)59-28-13-15-30-63(59)67(65)64-31-16-14-29-60(64)62-46-58(41-43-66(62)67)69(53-25-11-4-12-26-53)56-27-17-24-52(44-56)49-22-9-3-10-23-49/h1-46H. The van der Waals surface area contributed by atoms with E-state index in [0.717, 1.165) is 34.1 Å². The van der Waals surface area contributed by atoms with Crippen molar-refractivity contribution in [3.05, 3.63) is 301 Å². The van der Waals surface area contributed by atoms with Crippen LogP contribution in [0.4, 0.5) is 34.1 Å². The van der Waals surface area contributed by atoms with Crippen molar-refractivity contribution in [2.24, 2.45) is 0 Å². The highest BCUT2D eigenvalue weighted by Gasteiger charge is 2.51. The minimum absolute atomic E-state index is 0.501. The highest BCUT2D eigenvalue weighted by molar-refractivity contribution is 5.98. The van der Waals surface area contributed by atoms with E-state index in [1.54, 1.807) is 0 Å². The summed E-state index contributed by atoms with van der Waals surface area (Å²) in [5.41, 5.74) is 23.6. The van der Waals surface area contributed by atoms with E-state index in [1.165, 1.54) is 77.9 Å². The molecule has 0 aromatic heterocycles. The van der Waals surface area contributed by atoms with Gasteiger partial charge in [-0.25, -0.2) is 0 Å². The van der Waals surface area contributed by atoms with Gasteiger partial charge in [0.2, 0.25) is 0 Å². The van der Waals surface area contributed by atoms with Crippen LogP contribution in [0.2, 0.25) is 0 Å². The van der Waals surface area contributed by atoms with Gasteiger partial charge in [-0.15, -0.1) is 0 Å². The lowest BCUT2D eigenvalue weighted by Crippen LogP contribution is -2.26. The first-order valence-corrected chi connectivity index (χ1v) is 23.8. The molecule has 1 unspecified atom stereocenters. The SMILES string of the molecule is c1ccc(-c2ccc(N(c3ccc(-c4ccccc4)cc3)c3ccc4c(c3)-c3ccccc3C43c4ccccc4-c4cc(N(c5ccccc5)c5cccc(-c6ccccc6)c5)ccc43)cc2)cc1. The molecule has 2 aliphatic carbocycles. The Balaban J connectivity index is 0.966. The summed E-state index contributed by atoms with van der Waals surface area (Å²) >= 11 is 0. The van der Waals surface area contributed by atoms with Gasteiger partial charge >= 0.3 is 0 Å². The molecular weight excluding hydrogens is 833 g/mol. The molecular formula is C67H46N2. The maximum absolute atomic E-state index is 2.44. The van der Waals surface area contributed by atoms with Gasteiger partial charge in [-0.1, -0.05) is 206 Å². The minimum Gasteiger partial charge on any atom is -0.310 e. The van der Waals surface area contributed by atoms with E-state index in [0.29, 0.717) is 0 Å². The van der Waals surface area contributed by atoms with Crippen LogP contribution in [0.15, 0.2) is 279 Å². The summed E-state index contributed by atoms with van der Waals surface area (Å²) in [6.07, 6.45) is 0. The molecule has 0 fully saturated rings. The number of nitrogens with zero attached hydrogens (tertiary/aromatic N) is 2. The zero-order valence-corrected chi connectivity index (χ0v) is 38.0. The fourth-order valence-corrected chi connectivity index (χ4v) is 11.2. The lowest BCUT2D eigenvalue weighted by Gasteiger charge is -2.32. The predicted octanol–water partition coefficient (Wildman–Crippen LogP) is 18.0. The van der Waals surface area contributed by atoms with Crippen LogP contribution in [0.25, 0.3) is 55.6 Å². The van der Waals surface area contributed by atoms with Crippen molar-refractivity contribution in [2.45, 2.75) is 5.41 Å². The molecule has 0 saturated heterocycles. The van der Waals surface area contributed by atoms with Crippen molar-refractivity contribution < 1.29 is 0 Å². The Kier molecular flexibility index (Phi) is 9.77. The number of hydrogen-bond donors (Lipinski definition) is 0. The van der Waals surface area contributed by atoms with Gasteiger partial charge in [0.25, 0.3) is 0 Å². The highest BCUT2D eigenvalue weighted by Crippen LogP contribution is 2.64. The summed E-state index contributed by atoms with van der Waals surface area (Å²) in [6.45, 7) is 0. The fraction of sp³-hybridized carbons (Fsp3) is 0.0149. The summed E-state index contributed by atoms with van der Waals surface area (Å²) in [6, 6.07) is 102. The maximum Gasteiger partial charge on any atom is 0.0725 e. The fourth-order valence-electron chi connectivity index (χ4n) is 11.2. The van der Waals surface area contributed by atoms with Gasteiger partial charge in [0.1, 0.15) is 0 Å². The smallest absolute Gasteiger partial charge is 0.0725 e. The van der Waals surface area contributed by atoms with E-state index >= 15 is 0 Å². The molecule has 2 nitrogen and oxygen atoms in total. The van der Waals surface area contributed by atoms with Gasteiger partial charge in [0, 0.05) is 34.1 Å². The number of benzene rings is 11. The van der Waals surface area contributed by atoms with Crippen molar-refractivity contribution in [3.63, 3.8) is 0 Å². The average molecular weight is 879 g/mol. The maximum atomic E-state index is 2.44. The Morgan fingerprint density at radius 3 is 0.971 bits per heavy atom. The first kappa shape index (κ1) is 40.3. The van der Waals surface area contributed by atoms with Crippen LogP contribution < -0.4 is 9.80 Å². The van der Waals surface area contributed by atoms with Crippen molar-refractivity contribution >= 4 is 34.1 Å². The van der Waals surface area contributed by atoms with E-state index in [2.05, 4.69) is 289 Å². The van der Waals surface area contributed by atoms with Crippen LogP contribution in [-0.4, -0.2) is 0 Å². The Morgan fingerprint density at radius 2 is 0.493 bits per heavy atom. The molecule has 69 heavy (non-hydrogen) atoms. The molecule has 2 heteroatoms. The number of fused-ring (bicyclic) bond motifs is 10. The van der Waals surface area contributed by atoms with Crippen molar-refractivity contribution in [1.29, 1.82) is 0 Å². The third kappa shape index (κ3) is 6.72. The first-order valence-electron chi connectivity index (χ1n) is 23.8. The van der Waals surface area contributed by atoms with E-state index in [1.807, 2.05) is 0 Å². The van der Waals surface area contributed by atoms with Gasteiger partial charge in [0.15, 0.2) is 0 Å². The molecule has 0 N–H and O–H groups in total. The van der Waals surface area contributed by atoms with Crippen LogP contribution in [0.1, 0.15) is 22.3 Å². The van der Waals surface area contributed by atoms with Crippen molar-refractivity contribution in [1.82, 2.24) is 0 Å². The molecule has 0 saturated carbocycles. The van der Waals surface area contributed by atoms with E-state index in [4.69, 9.17) is 0 Å². The van der Waals surface area contributed by atoms with E-state index in [-0.39, 0.29) is 0 Å². The topological polar surface area (TPSA) is 6.48 Å². The second-order valence-corrected chi connectivity index (χ2v) is 18.0. The van der Waals surface area contributed by atoms with Gasteiger partial charge in [-0.05, 0) is 151 Å². The van der Waals surface area contributed by atoms with Crippen LogP contribution in [0.5, 0.6) is 0 Å². The molecule has 1 spiro atoms. The van der Waals surface area contributed by atoms with Crippen molar-refractivity contribution in [2.75, 3.05) is 9.80 Å². The van der Waals surface area contributed by atoms with Gasteiger partial charge in [0.05, 0.1) is 5.41 Å². The molecule has 2 aliphatic rings. The molecule has 0 aliphatic heterocycles. The zero-order valence-electron chi connectivity index (χ0n) is 38.0. The van der Waals surface area contributed by atoms with Gasteiger partial charge in [-0.2, -0.15) is 0 Å². The molecule has 11 aromatic carbocycles. The third-order valence-corrected chi connectivity index (χ3v) is 14.3. The molecule has 13 rings (SSSR count). The summed E-state index contributed by atoms with van der Waals surface area (Å²) in [4.78, 5) is 4.81. The summed E-state index contributed by atoms with van der Waals surface area (Å²) < 4.78 is 0. The number of para-hydroxylation sites is 1. The molecule has 324 valence electrons. The Bertz CT molecular complexity index is 3560. The Hall–Kier alpha value is -8.98. The van der Waals surface area contributed by atoms with Crippen LogP contribution in [-0.2, 0) is 5.41 Å². The van der Waals surface area contributed by atoms with E-state index < -0.39 is 5.41 Å². The average Bonchev–Trinajstić information content (AvgIpc) is 3.89. The van der Waals surface area contributed by atoms with Crippen LogP contribution in [0, 0.1) is 0 Å². The quantitative estimate of drug-likeness (QED) is 0.143. The van der Waals surface area contributed by atoms with Crippen LogP contribution >= 0.6 is 0 Å². The first-order chi connectivity index (χ1) is 34.2. The zero-order chi connectivity index (χ0) is 45.7. The molecule has 11 aromatic rings. The molecule has 0 amide bonds. The molecule has 1 atom stereocenters. The predicted molar refractivity (Wildman–Crippen MR) is 288 cm³/mol. The highest BCUT2D eigenvalue weighted by atomic mass is 15.1. The Labute approximate surface area is 404 Å². The largest absolute Gasteiger partial charge is 0.310 e. The molecule has 0 heterocycles. The summed E-state index contributed by atoms with van der Waals surface area (Å²) in [5.74, 6) is 0. The third-order valence-electron chi connectivity index (χ3n) is 14.3. The number of anilines is 6. The Morgan fingerprint density at radius 1 is 0.188 bits per heavy atom. The monoisotopic (exact) mass is 878 g/mol. The lowest BCUT2D eigenvalue weighted by atomic mass is 9.70. The van der Waals surface area contributed by atoms with Crippen molar-refractivity contribution in [3.8, 4) is 55.6 Å². The van der Waals surface area contributed by atoms with E-state index in [9.17, 15) is 0 Å². The number of hydrogen-bond acceptors (Lipinski definition) is 2. The van der Waals surface area contributed by atoms with Gasteiger partial charge in [-0.3, -0.25) is 0 Å². The molecule has 0 radical (unpaired) electrons. The minimum atomic E-state index is -0.501. The summed E-state index contributed by atoms with van der Waals surface area (Å²) in [7, 11) is 0. The van der Waals surface area contributed by atoms with Gasteiger partial charge < -0.3 is 9.80 Å². The summed E-state index contributed by atoms with van der Waals surface area (Å²) in [5, 5.41) is 0. The number of rotatable bonds is 9. The second-order valence-electron chi connectivity index (χ2n) is 18.0. The lowest BCUT2D eigenvalue weighted by molar-refractivity contribution is 0.793. The molecule has 0 bridgehead atoms. The second kappa shape index (κ2) is 16.7.